The Labute approximate surface area is 201 Å². The van der Waals surface area contributed by atoms with Gasteiger partial charge in [-0.3, -0.25) is 0 Å². The number of nitrogens with zero attached hydrogens (tertiary/aromatic N) is 2. The molecule has 174 valence electrons. The highest BCUT2D eigenvalue weighted by molar-refractivity contribution is 5.63. The molecule has 2 heteroatoms. The molecular formula is C31H40N2. The van der Waals surface area contributed by atoms with Gasteiger partial charge in [0.25, 0.3) is 0 Å². The first-order valence-corrected chi connectivity index (χ1v) is 12.3. The summed E-state index contributed by atoms with van der Waals surface area (Å²) in [5.74, 6) is 1.10. The first kappa shape index (κ1) is 24.8. The zero-order valence-corrected chi connectivity index (χ0v) is 21.7. The Morgan fingerprint density at radius 2 is 1.64 bits per heavy atom. The molecule has 1 aliphatic rings. The van der Waals surface area contributed by atoms with Crippen LogP contribution in [0.4, 0.5) is 5.82 Å². The molecule has 3 aromatic rings. The van der Waals surface area contributed by atoms with Gasteiger partial charge in [0, 0.05) is 29.6 Å². The Balaban J connectivity index is 0.00000149. The molecule has 0 fully saturated rings. The normalized spacial score (nSPS) is 18.7. The number of allylic oxidation sites excluding steroid dienone is 1. The third-order valence-electron chi connectivity index (χ3n) is 7.27. The van der Waals surface area contributed by atoms with Gasteiger partial charge < -0.3 is 4.90 Å². The second-order valence-corrected chi connectivity index (χ2v) is 9.66. The lowest BCUT2D eigenvalue weighted by atomic mass is 9.63. The Kier molecular flexibility index (Phi) is 7.47. The largest absolute Gasteiger partial charge is 0.352 e. The Bertz CT molecular complexity index is 1100. The fourth-order valence-electron chi connectivity index (χ4n) is 5.86. The Hall–Kier alpha value is -2.87. The average Bonchev–Trinajstić information content (AvgIpc) is 3.03. The van der Waals surface area contributed by atoms with Crippen LogP contribution in [0.2, 0.25) is 0 Å². The summed E-state index contributed by atoms with van der Waals surface area (Å²) in [6, 6.07) is 24.3. The Morgan fingerprint density at radius 1 is 1.00 bits per heavy atom. The molecule has 2 aromatic carbocycles. The number of rotatable bonds is 5. The van der Waals surface area contributed by atoms with E-state index in [0.717, 1.165) is 12.2 Å². The summed E-state index contributed by atoms with van der Waals surface area (Å²) in [4.78, 5) is 7.15. The van der Waals surface area contributed by atoms with Crippen molar-refractivity contribution in [2.75, 3.05) is 11.9 Å². The third-order valence-corrected chi connectivity index (χ3v) is 7.27. The van der Waals surface area contributed by atoms with Crippen molar-refractivity contribution in [2.24, 2.45) is 0 Å². The standard InChI is InChI=1S/C29H34N2.C2H6/c1-7-23(26-28(3,4)25-18-13-19-30-27(25)31(26)6)29(5,20-22-15-9-8-10-16-22)24-17-12-11-14-21(24)2;1-2/h7-19,26H,20H2,1-6H3;1-2H3/b23-7-;. The van der Waals surface area contributed by atoms with Crippen molar-refractivity contribution in [3.05, 3.63) is 107 Å². The summed E-state index contributed by atoms with van der Waals surface area (Å²) >= 11 is 0. The summed E-state index contributed by atoms with van der Waals surface area (Å²) in [5.41, 5.74) is 6.71. The number of aromatic nitrogens is 1. The van der Waals surface area contributed by atoms with Gasteiger partial charge in [-0.15, -0.1) is 0 Å². The second kappa shape index (κ2) is 9.95. The number of hydrogen-bond donors (Lipinski definition) is 0. The molecule has 0 radical (unpaired) electrons. The number of aryl methyl sites for hydroxylation is 1. The molecule has 0 saturated carbocycles. The highest BCUT2D eigenvalue weighted by atomic mass is 15.2. The molecule has 0 amide bonds. The molecule has 0 aliphatic carbocycles. The smallest absolute Gasteiger partial charge is 0.132 e. The lowest BCUT2D eigenvalue weighted by Gasteiger charge is -2.44. The first-order chi connectivity index (χ1) is 15.8. The molecular weight excluding hydrogens is 400 g/mol. The number of benzene rings is 2. The predicted molar refractivity (Wildman–Crippen MR) is 143 cm³/mol. The van der Waals surface area contributed by atoms with Crippen LogP contribution in [-0.2, 0) is 17.3 Å². The maximum atomic E-state index is 4.76. The van der Waals surface area contributed by atoms with Crippen molar-refractivity contribution in [3.63, 3.8) is 0 Å². The van der Waals surface area contributed by atoms with Crippen molar-refractivity contribution < 1.29 is 0 Å². The average molecular weight is 441 g/mol. The number of hydrogen-bond acceptors (Lipinski definition) is 2. The van der Waals surface area contributed by atoms with E-state index in [1.165, 1.54) is 27.8 Å². The van der Waals surface area contributed by atoms with Crippen molar-refractivity contribution in [3.8, 4) is 0 Å². The topological polar surface area (TPSA) is 16.1 Å². The molecule has 0 spiro atoms. The molecule has 2 unspecified atom stereocenters. The number of pyridine rings is 1. The van der Waals surface area contributed by atoms with Gasteiger partial charge in [0.15, 0.2) is 0 Å². The molecule has 1 aliphatic heterocycles. The van der Waals surface area contributed by atoms with E-state index in [2.05, 4.69) is 119 Å². The van der Waals surface area contributed by atoms with Crippen LogP contribution < -0.4 is 4.90 Å². The fourth-order valence-corrected chi connectivity index (χ4v) is 5.86. The van der Waals surface area contributed by atoms with E-state index >= 15 is 0 Å². The summed E-state index contributed by atoms with van der Waals surface area (Å²) in [7, 11) is 2.20. The third kappa shape index (κ3) is 4.36. The van der Waals surface area contributed by atoms with Crippen LogP contribution in [0.15, 0.2) is 84.6 Å². The molecule has 0 N–H and O–H groups in total. The van der Waals surface area contributed by atoms with Crippen molar-refractivity contribution >= 4 is 5.82 Å². The van der Waals surface area contributed by atoms with E-state index in [0.29, 0.717) is 0 Å². The number of anilines is 1. The van der Waals surface area contributed by atoms with E-state index in [-0.39, 0.29) is 16.9 Å². The van der Waals surface area contributed by atoms with E-state index in [4.69, 9.17) is 4.98 Å². The highest BCUT2D eigenvalue weighted by Crippen LogP contribution is 2.51. The zero-order chi connectivity index (χ0) is 24.2. The van der Waals surface area contributed by atoms with Crippen LogP contribution in [-0.4, -0.2) is 18.1 Å². The van der Waals surface area contributed by atoms with Gasteiger partial charge in [-0.1, -0.05) is 101 Å². The Morgan fingerprint density at radius 3 is 2.24 bits per heavy atom. The van der Waals surface area contributed by atoms with Crippen LogP contribution in [0, 0.1) is 6.92 Å². The van der Waals surface area contributed by atoms with Crippen molar-refractivity contribution in [1.82, 2.24) is 4.98 Å². The van der Waals surface area contributed by atoms with Crippen LogP contribution in [0.25, 0.3) is 0 Å². The summed E-state index contributed by atoms with van der Waals surface area (Å²) in [5, 5.41) is 0. The van der Waals surface area contributed by atoms with Crippen molar-refractivity contribution in [2.45, 2.75) is 71.8 Å². The van der Waals surface area contributed by atoms with Crippen LogP contribution >= 0.6 is 0 Å². The van der Waals surface area contributed by atoms with Crippen molar-refractivity contribution in [1.29, 1.82) is 0 Å². The lowest BCUT2D eigenvalue weighted by molar-refractivity contribution is 0.407. The zero-order valence-electron chi connectivity index (χ0n) is 21.7. The van der Waals surface area contributed by atoms with Gasteiger partial charge in [0.05, 0.1) is 6.04 Å². The summed E-state index contributed by atoms with van der Waals surface area (Å²) < 4.78 is 0. The molecule has 4 rings (SSSR count). The molecule has 2 nitrogen and oxygen atoms in total. The van der Waals surface area contributed by atoms with Gasteiger partial charge in [0.2, 0.25) is 0 Å². The van der Waals surface area contributed by atoms with Gasteiger partial charge in [-0.2, -0.15) is 0 Å². The van der Waals surface area contributed by atoms with Crippen LogP contribution in [0.5, 0.6) is 0 Å². The lowest BCUT2D eigenvalue weighted by Crippen LogP contribution is -2.47. The van der Waals surface area contributed by atoms with E-state index in [1.54, 1.807) is 0 Å². The van der Waals surface area contributed by atoms with Gasteiger partial charge in [0.1, 0.15) is 5.82 Å². The molecule has 0 bridgehead atoms. The molecule has 2 heterocycles. The molecule has 33 heavy (non-hydrogen) atoms. The summed E-state index contributed by atoms with van der Waals surface area (Å²) in [6.45, 7) is 15.6. The van der Waals surface area contributed by atoms with Gasteiger partial charge in [-0.05, 0) is 48.6 Å². The molecule has 0 saturated heterocycles. The quantitative estimate of drug-likeness (QED) is 0.379. The predicted octanol–water partition coefficient (Wildman–Crippen LogP) is 7.66. The minimum Gasteiger partial charge on any atom is -0.352 e. The monoisotopic (exact) mass is 440 g/mol. The fraction of sp³-hybridized carbons (Fsp3) is 0.387. The number of fused-ring (bicyclic) bond motifs is 1. The summed E-state index contributed by atoms with van der Waals surface area (Å²) in [6.07, 6.45) is 5.24. The molecule has 1 aromatic heterocycles. The van der Waals surface area contributed by atoms with E-state index < -0.39 is 0 Å². The maximum absolute atomic E-state index is 4.76. The minimum absolute atomic E-state index is 0.0409. The van der Waals surface area contributed by atoms with Crippen LogP contribution in [0.3, 0.4) is 0 Å². The van der Waals surface area contributed by atoms with E-state index in [1.807, 2.05) is 20.0 Å². The highest BCUT2D eigenvalue weighted by Gasteiger charge is 2.50. The first-order valence-electron chi connectivity index (χ1n) is 12.3. The second-order valence-electron chi connectivity index (χ2n) is 9.66. The number of likely N-dealkylation sites (N-methyl/N-ethyl adjacent to an activating group) is 1. The minimum atomic E-state index is -0.139. The maximum Gasteiger partial charge on any atom is 0.132 e. The van der Waals surface area contributed by atoms with Crippen LogP contribution in [0.1, 0.15) is 63.8 Å². The van der Waals surface area contributed by atoms with Gasteiger partial charge >= 0.3 is 0 Å². The van der Waals surface area contributed by atoms with Gasteiger partial charge in [-0.25, -0.2) is 4.98 Å². The SMILES string of the molecule is C/C=C(/C1N(C)c2ncccc2C1(C)C)C(C)(Cc1ccccc1)c1ccccc1C.CC. The van der Waals surface area contributed by atoms with E-state index in [9.17, 15) is 0 Å². The molecule has 2 atom stereocenters.